The van der Waals surface area contributed by atoms with Crippen LogP contribution in [-0.4, -0.2) is 25.1 Å². The molecule has 1 aliphatic heterocycles. The lowest BCUT2D eigenvalue weighted by Crippen LogP contribution is -2.37. The zero-order valence-electron chi connectivity index (χ0n) is 7.85. The summed E-state index contributed by atoms with van der Waals surface area (Å²) in [7, 11) is 1.79. The van der Waals surface area contributed by atoms with Crippen LogP contribution in [0.4, 0.5) is 11.6 Å². The fourth-order valence-electron chi connectivity index (χ4n) is 1.38. The fraction of sp³-hybridized carbons (Fsp3) is 0.444. The molecule has 14 heavy (non-hydrogen) atoms. The predicted molar refractivity (Wildman–Crippen MR) is 60.6 cm³/mol. The van der Waals surface area contributed by atoms with Crippen molar-refractivity contribution in [2.24, 2.45) is 0 Å². The molecule has 0 bridgehead atoms. The summed E-state index contributed by atoms with van der Waals surface area (Å²) in [6.07, 6.45) is 1.20. The number of nitrogens with zero attached hydrogens (tertiary/aromatic N) is 2. The standard InChI is InChI=1S/C9H11Cl2N3/c1-12-8-6(10)5-7(11)9(13-8)14-3-2-4-14/h5H,2-4H2,1H3,(H,12,13). The quantitative estimate of drug-likeness (QED) is 0.849. The van der Waals surface area contributed by atoms with E-state index in [1.165, 1.54) is 6.42 Å². The molecule has 76 valence electrons. The maximum absolute atomic E-state index is 6.05. The molecule has 1 saturated heterocycles. The summed E-state index contributed by atoms with van der Waals surface area (Å²) in [6, 6.07) is 1.73. The normalized spacial score (nSPS) is 15.2. The minimum Gasteiger partial charge on any atom is -0.372 e. The molecule has 1 aliphatic rings. The van der Waals surface area contributed by atoms with E-state index in [2.05, 4.69) is 15.2 Å². The fourth-order valence-corrected chi connectivity index (χ4v) is 1.95. The third kappa shape index (κ3) is 1.62. The maximum Gasteiger partial charge on any atom is 0.149 e. The molecule has 0 aliphatic carbocycles. The van der Waals surface area contributed by atoms with E-state index in [4.69, 9.17) is 23.2 Å². The highest BCUT2D eigenvalue weighted by molar-refractivity contribution is 6.37. The Kier molecular flexibility index (Phi) is 2.70. The van der Waals surface area contributed by atoms with E-state index in [0.717, 1.165) is 18.9 Å². The first-order valence-electron chi connectivity index (χ1n) is 4.51. The molecule has 0 amide bonds. The van der Waals surface area contributed by atoms with Gasteiger partial charge in [-0.1, -0.05) is 23.2 Å². The first-order chi connectivity index (χ1) is 6.72. The number of aromatic nitrogens is 1. The van der Waals surface area contributed by atoms with Gasteiger partial charge >= 0.3 is 0 Å². The van der Waals surface area contributed by atoms with Gasteiger partial charge in [-0.15, -0.1) is 0 Å². The van der Waals surface area contributed by atoms with E-state index in [1.807, 2.05) is 0 Å². The third-order valence-corrected chi connectivity index (χ3v) is 2.87. The zero-order valence-corrected chi connectivity index (χ0v) is 9.36. The van der Waals surface area contributed by atoms with Crippen molar-refractivity contribution in [3.8, 4) is 0 Å². The molecule has 1 N–H and O–H groups in total. The van der Waals surface area contributed by atoms with E-state index in [-0.39, 0.29) is 0 Å². The van der Waals surface area contributed by atoms with Crippen molar-refractivity contribution in [3.63, 3.8) is 0 Å². The molecule has 1 aromatic rings. The maximum atomic E-state index is 6.05. The summed E-state index contributed by atoms with van der Waals surface area (Å²) in [5.41, 5.74) is 0. The lowest BCUT2D eigenvalue weighted by Gasteiger charge is -2.32. The monoisotopic (exact) mass is 231 g/mol. The summed E-state index contributed by atoms with van der Waals surface area (Å²) in [6.45, 7) is 2.05. The molecule has 0 atom stereocenters. The lowest BCUT2D eigenvalue weighted by atomic mass is 10.2. The van der Waals surface area contributed by atoms with Crippen LogP contribution in [0.2, 0.25) is 10.0 Å². The number of anilines is 2. The second-order valence-corrected chi connectivity index (χ2v) is 4.03. The van der Waals surface area contributed by atoms with Crippen LogP contribution >= 0.6 is 23.2 Å². The molecule has 3 nitrogen and oxygen atoms in total. The van der Waals surface area contributed by atoms with Gasteiger partial charge in [-0.25, -0.2) is 4.98 Å². The van der Waals surface area contributed by atoms with Crippen molar-refractivity contribution in [1.29, 1.82) is 0 Å². The highest BCUT2D eigenvalue weighted by Crippen LogP contribution is 2.32. The van der Waals surface area contributed by atoms with Gasteiger partial charge in [-0.05, 0) is 12.5 Å². The Hall–Kier alpha value is -0.670. The molecule has 0 aromatic carbocycles. The van der Waals surface area contributed by atoms with Crippen molar-refractivity contribution in [2.45, 2.75) is 6.42 Å². The first kappa shape index (κ1) is 9.87. The first-order valence-corrected chi connectivity index (χ1v) is 5.26. The van der Waals surface area contributed by atoms with Crippen LogP contribution in [0.5, 0.6) is 0 Å². The second-order valence-electron chi connectivity index (χ2n) is 3.21. The summed E-state index contributed by atoms with van der Waals surface area (Å²) in [5.74, 6) is 1.50. The van der Waals surface area contributed by atoms with Crippen molar-refractivity contribution < 1.29 is 0 Å². The highest BCUT2D eigenvalue weighted by Gasteiger charge is 2.20. The Balaban J connectivity index is 2.38. The van der Waals surface area contributed by atoms with Gasteiger partial charge in [0, 0.05) is 20.1 Å². The number of halogens is 2. The van der Waals surface area contributed by atoms with E-state index in [0.29, 0.717) is 15.9 Å². The summed E-state index contributed by atoms with van der Waals surface area (Å²) in [5, 5.41) is 4.11. The second kappa shape index (κ2) is 3.83. The van der Waals surface area contributed by atoms with Crippen LogP contribution in [0, 0.1) is 0 Å². The van der Waals surface area contributed by atoms with Crippen LogP contribution in [0.3, 0.4) is 0 Å². The largest absolute Gasteiger partial charge is 0.372 e. The molecule has 0 radical (unpaired) electrons. The summed E-state index contributed by atoms with van der Waals surface area (Å²) >= 11 is 12.0. The average Bonchev–Trinajstić information content (AvgIpc) is 2.06. The number of hydrogen-bond acceptors (Lipinski definition) is 3. The summed E-state index contributed by atoms with van der Waals surface area (Å²) in [4.78, 5) is 6.50. The lowest BCUT2D eigenvalue weighted by molar-refractivity contribution is 0.610. The van der Waals surface area contributed by atoms with Gasteiger partial charge in [-0.3, -0.25) is 0 Å². The topological polar surface area (TPSA) is 28.2 Å². The number of hydrogen-bond donors (Lipinski definition) is 1. The van der Waals surface area contributed by atoms with E-state index in [9.17, 15) is 0 Å². The summed E-state index contributed by atoms with van der Waals surface area (Å²) < 4.78 is 0. The van der Waals surface area contributed by atoms with E-state index < -0.39 is 0 Å². The molecule has 2 rings (SSSR count). The van der Waals surface area contributed by atoms with E-state index >= 15 is 0 Å². The van der Waals surface area contributed by atoms with Crippen LogP contribution in [-0.2, 0) is 0 Å². The number of nitrogens with one attached hydrogen (secondary N) is 1. The molecule has 2 heterocycles. The molecule has 0 saturated carbocycles. The van der Waals surface area contributed by atoms with Gasteiger partial charge in [0.15, 0.2) is 0 Å². The van der Waals surface area contributed by atoms with Gasteiger partial charge in [0.05, 0.1) is 10.0 Å². The number of rotatable bonds is 2. The van der Waals surface area contributed by atoms with Crippen molar-refractivity contribution in [2.75, 3.05) is 30.4 Å². The van der Waals surface area contributed by atoms with Crippen molar-refractivity contribution >= 4 is 34.8 Å². The SMILES string of the molecule is CNc1nc(N2CCC2)c(Cl)cc1Cl. The van der Waals surface area contributed by atoms with Crippen molar-refractivity contribution in [3.05, 3.63) is 16.1 Å². The Morgan fingerprint density at radius 2 is 2.07 bits per heavy atom. The highest BCUT2D eigenvalue weighted by atomic mass is 35.5. The van der Waals surface area contributed by atoms with Gasteiger partial charge in [0.1, 0.15) is 11.6 Å². The molecular weight excluding hydrogens is 221 g/mol. The average molecular weight is 232 g/mol. The van der Waals surface area contributed by atoms with Gasteiger partial charge in [0.2, 0.25) is 0 Å². The van der Waals surface area contributed by atoms with Gasteiger partial charge < -0.3 is 10.2 Å². The minimum atomic E-state index is 0.557. The Morgan fingerprint density at radius 3 is 2.57 bits per heavy atom. The molecule has 0 unspecified atom stereocenters. The molecule has 1 fully saturated rings. The molecule has 5 heteroatoms. The number of pyridine rings is 1. The van der Waals surface area contributed by atoms with Crippen LogP contribution in [0.15, 0.2) is 6.07 Å². The Morgan fingerprint density at radius 1 is 1.36 bits per heavy atom. The van der Waals surface area contributed by atoms with Crippen LogP contribution < -0.4 is 10.2 Å². The van der Waals surface area contributed by atoms with Gasteiger partial charge in [-0.2, -0.15) is 0 Å². The smallest absolute Gasteiger partial charge is 0.149 e. The molecule has 0 spiro atoms. The molecular formula is C9H11Cl2N3. The molecule has 1 aromatic heterocycles. The zero-order chi connectivity index (χ0) is 10.1. The minimum absolute atomic E-state index is 0.557. The third-order valence-electron chi connectivity index (χ3n) is 2.30. The van der Waals surface area contributed by atoms with Gasteiger partial charge in [0.25, 0.3) is 0 Å². The predicted octanol–water partition coefficient (Wildman–Crippen LogP) is 2.64. The van der Waals surface area contributed by atoms with E-state index in [1.54, 1.807) is 13.1 Å². The van der Waals surface area contributed by atoms with Crippen molar-refractivity contribution in [1.82, 2.24) is 4.98 Å². The Labute approximate surface area is 93.0 Å². The van der Waals surface area contributed by atoms with Crippen LogP contribution in [0.25, 0.3) is 0 Å². The van der Waals surface area contributed by atoms with Crippen LogP contribution in [0.1, 0.15) is 6.42 Å². The Bertz CT molecular complexity index is 350.